The van der Waals surface area contributed by atoms with Crippen LogP contribution in [0.2, 0.25) is 5.02 Å². The summed E-state index contributed by atoms with van der Waals surface area (Å²) in [5.41, 5.74) is 0.420. The van der Waals surface area contributed by atoms with E-state index in [1.165, 1.54) is 18.7 Å². The maximum atomic E-state index is 14.7. The predicted octanol–water partition coefficient (Wildman–Crippen LogP) is 3.88. The molecular weight excluding hydrogens is 423 g/mol. The molecule has 0 radical (unpaired) electrons. The topological polar surface area (TPSA) is 74.3 Å². The molecule has 0 bridgehead atoms. The number of benzene rings is 1. The maximum Gasteiger partial charge on any atom is 0.266 e. The summed E-state index contributed by atoms with van der Waals surface area (Å²) in [6.45, 7) is 0. The van der Waals surface area contributed by atoms with Crippen molar-refractivity contribution in [3.8, 4) is 0 Å². The van der Waals surface area contributed by atoms with Crippen molar-refractivity contribution in [1.29, 1.82) is 0 Å². The van der Waals surface area contributed by atoms with E-state index in [-0.39, 0.29) is 16.2 Å². The minimum atomic E-state index is -4.11. The normalized spacial score (nSPS) is 26.8. The molecule has 2 aromatic rings. The number of nitrogens with one attached hydrogen (secondary N) is 2. The average Bonchev–Trinajstić information content (AvgIpc) is 3.20. The summed E-state index contributed by atoms with van der Waals surface area (Å²) in [5.74, 6) is 0.666. The summed E-state index contributed by atoms with van der Waals surface area (Å²) in [5, 5.41) is 5.34. The van der Waals surface area contributed by atoms with Gasteiger partial charge in [0.15, 0.2) is 5.13 Å². The van der Waals surface area contributed by atoms with Gasteiger partial charge in [-0.05, 0) is 57.3 Å². The highest BCUT2D eigenvalue weighted by molar-refractivity contribution is 7.93. The van der Waals surface area contributed by atoms with Gasteiger partial charge in [0.05, 0.1) is 10.7 Å². The van der Waals surface area contributed by atoms with Gasteiger partial charge in [0, 0.05) is 23.7 Å². The number of nitrogens with zero attached hydrogens (tertiary/aromatic N) is 2. The molecule has 152 valence electrons. The number of likely N-dealkylation sites (N-methyl/N-ethyl adjacent to an activating group) is 1. The molecule has 4 rings (SSSR count). The molecule has 10 heteroatoms. The molecule has 4 atom stereocenters. The molecule has 2 fully saturated rings. The van der Waals surface area contributed by atoms with Crippen LogP contribution < -0.4 is 10.0 Å². The molecule has 2 aliphatic carbocycles. The fourth-order valence-electron chi connectivity index (χ4n) is 4.06. The van der Waals surface area contributed by atoms with Crippen LogP contribution in [0.15, 0.2) is 28.6 Å². The second-order valence-corrected chi connectivity index (χ2v) is 10.7. The lowest BCUT2D eigenvalue weighted by atomic mass is 9.89. The van der Waals surface area contributed by atoms with Crippen molar-refractivity contribution >= 4 is 43.8 Å². The van der Waals surface area contributed by atoms with E-state index >= 15 is 0 Å². The summed E-state index contributed by atoms with van der Waals surface area (Å²) < 4.78 is 42.0. The fourth-order valence-corrected chi connectivity index (χ4v) is 6.22. The highest BCUT2D eigenvalue weighted by Gasteiger charge is 2.47. The van der Waals surface area contributed by atoms with Crippen LogP contribution in [0.1, 0.15) is 19.3 Å². The minimum Gasteiger partial charge on any atom is -0.379 e. The molecule has 2 N–H and O–H groups in total. The molecule has 1 aromatic heterocycles. The molecule has 0 unspecified atom stereocenters. The van der Waals surface area contributed by atoms with Crippen LogP contribution in [0.25, 0.3) is 0 Å². The van der Waals surface area contributed by atoms with Gasteiger partial charge in [0.2, 0.25) is 0 Å². The lowest BCUT2D eigenvalue weighted by molar-refractivity contribution is 0.204. The largest absolute Gasteiger partial charge is 0.379 e. The molecule has 2 aliphatic rings. The van der Waals surface area contributed by atoms with Gasteiger partial charge < -0.3 is 10.2 Å². The quantitative estimate of drug-likeness (QED) is 0.707. The average molecular weight is 445 g/mol. The first kappa shape index (κ1) is 19.9. The number of anilines is 2. The predicted molar refractivity (Wildman–Crippen MR) is 110 cm³/mol. The van der Waals surface area contributed by atoms with Crippen LogP contribution in [0.5, 0.6) is 0 Å². The molecule has 0 aliphatic heterocycles. The summed E-state index contributed by atoms with van der Waals surface area (Å²) in [6, 6.07) is 2.80. The SMILES string of the molecule is CN(C)[C@H]1C[C@H]2C[C@H]2C[C@@H]1Nc1cc(F)c(S(=O)(=O)Nc2nccs2)cc1Cl. The third-order valence-corrected chi connectivity index (χ3v) is 8.09. The van der Waals surface area contributed by atoms with Gasteiger partial charge in [-0.3, -0.25) is 4.72 Å². The van der Waals surface area contributed by atoms with Crippen molar-refractivity contribution in [2.75, 3.05) is 24.1 Å². The summed E-state index contributed by atoms with van der Waals surface area (Å²) in [6.07, 6.45) is 4.84. The van der Waals surface area contributed by atoms with Gasteiger partial charge >= 0.3 is 0 Å². The molecule has 0 spiro atoms. The van der Waals surface area contributed by atoms with E-state index in [2.05, 4.69) is 19.9 Å². The lowest BCUT2D eigenvalue weighted by Gasteiger charge is -2.37. The number of halogens is 2. The molecule has 2 saturated carbocycles. The fraction of sp³-hybridized carbons (Fsp3) is 0.500. The molecule has 0 saturated heterocycles. The highest BCUT2D eigenvalue weighted by atomic mass is 35.5. The first-order valence-corrected chi connectivity index (χ1v) is 11.8. The van der Waals surface area contributed by atoms with Crippen LogP contribution in [0, 0.1) is 17.7 Å². The number of hydrogen-bond donors (Lipinski definition) is 2. The molecular formula is C18H22ClFN4O2S2. The number of fused-ring (bicyclic) bond motifs is 1. The van der Waals surface area contributed by atoms with Gasteiger partial charge in [-0.25, -0.2) is 17.8 Å². The van der Waals surface area contributed by atoms with Crippen molar-refractivity contribution in [3.63, 3.8) is 0 Å². The summed E-state index contributed by atoms with van der Waals surface area (Å²) in [4.78, 5) is 5.56. The Labute approximate surface area is 173 Å². The van der Waals surface area contributed by atoms with Crippen molar-refractivity contribution in [2.24, 2.45) is 11.8 Å². The van der Waals surface area contributed by atoms with E-state index in [1.54, 1.807) is 5.38 Å². The third-order valence-electron chi connectivity index (χ3n) is 5.60. The summed E-state index contributed by atoms with van der Waals surface area (Å²) >= 11 is 7.45. The van der Waals surface area contributed by atoms with Gasteiger partial charge in [0.25, 0.3) is 10.0 Å². The van der Waals surface area contributed by atoms with E-state index in [0.29, 0.717) is 11.7 Å². The number of hydrogen-bond acceptors (Lipinski definition) is 6. The number of rotatable bonds is 6. The van der Waals surface area contributed by atoms with Crippen LogP contribution in [-0.2, 0) is 10.0 Å². The van der Waals surface area contributed by atoms with Crippen molar-refractivity contribution < 1.29 is 12.8 Å². The van der Waals surface area contributed by atoms with E-state index in [1.807, 2.05) is 14.1 Å². The molecule has 28 heavy (non-hydrogen) atoms. The molecule has 1 heterocycles. The molecule has 0 amide bonds. The Balaban J connectivity index is 1.57. The van der Waals surface area contributed by atoms with Gasteiger partial charge in [-0.15, -0.1) is 11.3 Å². The zero-order valence-corrected chi connectivity index (χ0v) is 17.9. The van der Waals surface area contributed by atoms with Gasteiger partial charge in [-0.2, -0.15) is 0 Å². The summed E-state index contributed by atoms with van der Waals surface area (Å²) in [7, 11) is -0.0184. The van der Waals surface area contributed by atoms with E-state index in [0.717, 1.165) is 42.1 Å². The standard InChI is InChI=1S/C18H22ClFN4O2S2/c1-24(2)16-7-11-5-10(11)6-15(16)22-14-9-13(20)17(8-12(14)19)28(25,26)23-18-21-3-4-27-18/h3-4,8-11,15-16,22H,5-7H2,1-2H3,(H,21,23)/t10-,11+,15-,16-/m0/s1. The van der Waals surface area contributed by atoms with Gasteiger partial charge in [0.1, 0.15) is 10.7 Å². The Morgan fingerprint density at radius 2 is 2.00 bits per heavy atom. The van der Waals surface area contributed by atoms with E-state index < -0.39 is 20.7 Å². The monoisotopic (exact) mass is 444 g/mol. The van der Waals surface area contributed by atoms with E-state index in [4.69, 9.17) is 11.6 Å². The maximum absolute atomic E-state index is 14.7. The highest BCUT2D eigenvalue weighted by Crippen LogP contribution is 2.51. The second kappa shape index (κ2) is 7.44. The first-order valence-electron chi connectivity index (χ1n) is 9.09. The van der Waals surface area contributed by atoms with Crippen molar-refractivity contribution in [3.05, 3.63) is 34.5 Å². The Morgan fingerprint density at radius 1 is 1.25 bits per heavy atom. The first-order chi connectivity index (χ1) is 13.2. The Morgan fingerprint density at radius 3 is 2.68 bits per heavy atom. The second-order valence-electron chi connectivity index (χ2n) is 7.71. The van der Waals surface area contributed by atoms with Gasteiger partial charge in [-0.1, -0.05) is 11.6 Å². The Kier molecular flexibility index (Phi) is 5.28. The van der Waals surface area contributed by atoms with Crippen molar-refractivity contribution in [1.82, 2.24) is 9.88 Å². The van der Waals surface area contributed by atoms with Crippen LogP contribution in [0.4, 0.5) is 15.2 Å². The number of aromatic nitrogens is 1. The molecule has 1 aromatic carbocycles. The lowest BCUT2D eigenvalue weighted by Crippen LogP contribution is -2.46. The van der Waals surface area contributed by atoms with Crippen LogP contribution in [0.3, 0.4) is 0 Å². The smallest absolute Gasteiger partial charge is 0.266 e. The third kappa shape index (κ3) is 3.98. The Hall–Kier alpha value is -1.42. The zero-order valence-electron chi connectivity index (χ0n) is 15.5. The van der Waals surface area contributed by atoms with E-state index in [9.17, 15) is 12.8 Å². The minimum absolute atomic E-state index is 0.145. The Bertz CT molecular complexity index is 968. The number of thiazole rings is 1. The number of sulfonamides is 1. The van der Waals surface area contributed by atoms with Crippen LogP contribution in [-0.4, -0.2) is 44.5 Å². The van der Waals surface area contributed by atoms with Crippen LogP contribution >= 0.6 is 22.9 Å². The molecule has 6 nitrogen and oxygen atoms in total. The zero-order chi connectivity index (χ0) is 20.1. The van der Waals surface area contributed by atoms with Crippen molar-refractivity contribution in [2.45, 2.75) is 36.2 Å².